The summed E-state index contributed by atoms with van der Waals surface area (Å²) in [6.07, 6.45) is 7.67. The quantitative estimate of drug-likeness (QED) is 0.824. The van der Waals surface area contributed by atoms with Gasteiger partial charge in [-0.15, -0.1) is 0 Å². The second-order valence-electron chi connectivity index (χ2n) is 6.94. The van der Waals surface area contributed by atoms with Crippen molar-refractivity contribution in [3.05, 3.63) is 15.9 Å². The number of halogens is 1. The van der Waals surface area contributed by atoms with E-state index >= 15 is 0 Å². The van der Waals surface area contributed by atoms with Gasteiger partial charge in [-0.05, 0) is 65.8 Å². The van der Waals surface area contributed by atoms with Gasteiger partial charge in [-0.2, -0.15) is 5.10 Å². The molecular weight excluding hydrogens is 314 g/mol. The largest absolute Gasteiger partial charge is 0.313 e. The third-order valence-corrected chi connectivity index (χ3v) is 5.92. The van der Waals surface area contributed by atoms with E-state index in [-0.39, 0.29) is 0 Å². The van der Waals surface area contributed by atoms with Crippen molar-refractivity contribution < 1.29 is 0 Å². The molecule has 20 heavy (non-hydrogen) atoms. The van der Waals surface area contributed by atoms with Crippen molar-refractivity contribution in [3.8, 4) is 0 Å². The predicted octanol–water partition coefficient (Wildman–Crippen LogP) is 3.46. The first-order valence-corrected chi connectivity index (χ1v) is 8.76. The van der Waals surface area contributed by atoms with Gasteiger partial charge in [0.25, 0.3) is 0 Å². The topological polar surface area (TPSA) is 29.9 Å². The van der Waals surface area contributed by atoms with Crippen molar-refractivity contribution in [1.29, 1.82) is 0 Å². The molecule has 0 radical (unpaired) electrons. The fraction of sp³-hybridized carbons (Fsp3) is 0.812. The summed E-state index contributed by atoms with van der Waals surface area (Å²) in [5.74, 6) is 0.889. The zero-order valence-corrected chi connectivity index (χ0v) is 14.5. The van der Waals surface area contributed by atoms with Crippen LogP contribution in [0.1, 0.15) is 50.9 Å². The van der Waals surface area contributed by atoms with Gasteiger partial charge >= 0.3 is 0 Å². The number of aryl methyl sites for hydroxylation is 2. The molecule has 1 aromatic rings. The fourth-order valence-corrected chi connectivity index (χ4v) is 3.95. The van der Waals surface area contributed by atoms with Gasteiger partial charge < -0.3 is 5.32 Å². The van der Waals surface area contributed by atoms with E-state index in [1.54, 1.807) is 0 Å². The maximum Gasteiger partial charge on any atom is 0.0766 e. The van der Waals surface area contributed by atoms with Crippen LogP contribution in [-0.2, 0) is 19.9 Å². The highest BCUT2D eigenvalue weighted by atomic mass is 79.9. The zero-order chi connectivity index (χ0) is 14.3. The Morgan fingerprint density at radius 3 is 2.55 bits per heavy atom. The number of aromatic nitrogens is 2. The molecular formula is C16H26BrN3. The highest BCUT2D eigenvalue weighted by Crippen LogP contribution is 2.48. The number of nitrogens with zero attached hydrogens (tertiary/aromatic N) is 2. The molecule has 0 amide bonds. The molecule has 0 spiro atoms. The lowest BCUT2D eigenvalue weighted by Crippen LogP contribution is -2.37. The third kappa shape index (κ3) is 2.96. The molecule has 1 heterocycles. The van der Waals surface area contributed by atoms with Crippen LogP contribution in [0.4, 0.5) is 0 Å². The van der Waals surface area contributed by atoms with Crippen molar-refractivity contribution in [1.82, 2.24) is 15.1 Å². The lowest BCUT2D eigenvalue weighted by atomic mass is 9.80. The number of hydrogen-bond donors (Lipinski definition) is 1. The van der Waals surface area contributed by atoms with Crippen molar-refractivity contribution in [2.45, 2.75) is 58.4 Å². The van der Waals surface area contributed by atoms with Gasteiger partial charge in [0.15, 0.2) is 0 Å². The molecule has 2 saturated carbocycles. The van der Waals surface area contributed by atoms with Gasteiger partial charge in [0, 0.05) is 19.6 Å². The standard InChI is InChI=1S/C16H26BrN3/c1-4-13-15(17)14(20(3)19-13)9-16(2,11-5-6-11)10-18-12-7-8-12/h11-12,18H,4-10H2,1-3H3. The Labute approximate surface area is 130 Å². The van der Waals surface area contributed by atoms with Crippen LogP contribution in [0.15, 0.2) is 4.47 Å². The van der Waals surface area contributed by atoms with Gasteiger partial charge in [0.2, 0.25) is 0 Å². The van der Waals surface area contributed by atoms with Crippen LogP contribution < -0.4 is 5.32 Å². The second kappa shape index (κ2) is 5.45. The molecule has 2 aliphatic carbocycles. The number of rotatable bonds is 7. The van der Waals surface area contributed by atoms with E-state index in [1.165, 1.54) is 41.5 Å². The minimum atomic E-state index is 0.379. The van der Waals surface area contributed by atoms with Crippen molar-refractivity contribution >= 4 is 15.9 Å². The summed E-state index contributed by atoms with van der Waals surface area (Å²) < 4.78 is 3.32. The first-order valence-electron chi connectivity index (χ1n) is 7.97. The molecule has 1 N–H and O–H groups in total. The molecule has 3 nitrogen and oxygen atoms in total. The fourth-order valence-electron chi connectivity index (χ4n) is 3.19. The molecule has 1 atom stereocenters. The van der Waals surface area contributed by atoms with Crippen LogP contribution in [0.2, 0.25) is 0 Å². The van der Waals surface area contributed by atoms with Crippen LogP contribution in [0.5, 0.6) is 0 Å². The van der Waals surface area contributed by atoms with E-state index < -0.39 is 0 Å². The van der Waals surface area contributed by atoms with E-state index in [4.69, 9.17) is 0 Å². The van der Waals surface area contributed by atoms with Crippen molar-refractivity contribution in [2.75, 3.05) is 6.54 Å². The molecule has 2 fully saturated rings. The zero-order valence-electron chi connectivity index (χ0n) is 12.9. The molecule has 0 bridgehead atoms. The van der Waals surface area contributed by atoms with Gasteiger partial charge in [-0.3, -0.25) is 4.68 Å². The molecule has 0 saturated heterocycles. The van der Waals surface area contributed by atoms with Gasteiger partial charge in [-0.25, -0.2) is 0 Å². The van der Waals surface area contributed by atoms with Crippen LogP contribution >= 0.6 is 15.9 Å². The van der Waals surface area contributed by atoms with Crippen molar-refractivity contribution in [2.24, 2.45) is 18.4 Å². The molecule has 2 aliphatic rings. The average Bonchev–Trinajstić information content (AvgIpc) is 3.29. The second-order valence-corrected chi connectivity index (χ2v) is 7.74. The lowest BCUT2D eigenvalue weighted by Gasteiger charge is -2.30. The highest BCUT2D eigenvalue weighted by Gasteiger charge is 2.43. The van der Waals surface area contributed by atoms with E-state index in [1.807, 2.05) is 0 Å². The molecule has 112 valence electrons. The van der Waals surface area contributed by atoms with Crippen LogP contribution in [-0.4, -0.2) is 22.4 Å². The van der Waals surface area contributed by atoms with Crippen LogP contribution in [0.25, 0.3) is 0 Å². The Kier molecular flexibility index (Phi) is 3.97. The minimum Gasteiger partial charge on any atom is -0.313 e. The van der Waals surface area contributed by atoms with E-state index in [9.17, 15) is 0 Å². The Morgan fingerprint density at radius 1 is 1.35 bits per heavy atom. The summed E-state index contributed by atoms with van der Waals surface area (Å²) >= 11 is 3.77. The lowest BCUT2D eigenvalue weighted by molar-refractivity contribution is 0.249. The number of hydrogen-bond acceptors (Lipinski definition) is 2. The predicted molar refractivity (Wildman–Crippen MR) is 85.8 cm³/mol. The summed E-state index contributed by atoms with van der Waals surface area (Å²) in [5, 5.41) is 8.40. The Morgan fingerprint density at radius 2 is 2.05 bits per heavy atom. The molecule has 1 unspecified atom stereocenters. The van der Waals surface area contributed by atoms with Crippen molar-refractivity contribution in [3.63, 3.8) is 0 Å². The average molecular weight is 340 g/mol. The third-order valence-electron chi connectivity index (χ3n) is 5.01. The summed E-state index contributed by atoms with van der Waals surface area (Å²) in [6, 6.07) is 0.800. The highest BCUT2D eigenvalue weighted by molar-refractivity contribution is 9.10. The maximum atomic E-state index is 4.65. The Bertz CT molecular complexity index is 488. The first-order chi connectivity index (χ1) is 9.53. The monoisotopic (exact) mass is 339 g/mol. The summed E-state index contributed by atoms with van der Waals surface area (Å²) in [5.41, 5.74) is 2.94. The summed E-state index contributed by atoms with van der Waals surface area (Å²) in [4.78, 5) is 0. The van der Waals surface area contributed by atoms with Gasteiger partial charge in [0.1, 0.15) is 0 Å². The Balaban J connectivity index is 1.76. The van der Waals surface area contributed by atoms with E-state index in [0.717, 1.165) is 31.3 Å². The summed E-state index contributed by atoms with van der Waals surface area (Å²) in [6.45, 7) is 5.79. The maximum absolute atomic E-state index is 4.65. The number of nitrogens with one attached hydrogen (secondary N) is 1. The van der Waals surface area contributed by atoms with Crippen LogP contribution in [0, 0.1) is 11.3 Å². The summed E-state index contributed by atoms with van der Waals surface area (Å²) in [7, 11) is 2.08. The minimum absolute atomic E-state index is 0.379. The van der Waals surface area contributed by atoms with E-state index in [2.05, 4.69) is 51.9 Å². The SMILES string of the molecule is CCc1nn(C)c(CC(C)(CNC2CC2)C2CC2)c1Br. The molecule has 0 aromatic carbocycles. The molecule has 3 rings (SSSR count). The molecule has 1 aromatic heterocycles. The molecule has 4 heteroatoms. The van der Waals surface area contributed by atoms with E-state index in [0.29, 0.717) is 5.41 Å². The first kappa shape index (κ1) is 14.6. The van der Waals surface area contributed by atoms with Gasteiger partial charge in [-0.1, -0.05) is 13.8 Å². The normalized spacial score (nSPS) is 22.0. The van der Waals surface area contributed by atoms with Gasteiger partial charge in [0.05, 0.1) is 15.9 Å². The molecule has 0 aliphatic heterocycles. The Hall–Kier alpha value is -0.350. The van der Waals surface area contributed by atoms with Crippen LogP contribution in [0.3, 0.4) is 0 Å². The smallest absolute Gasteiger partial charge is 0.0766 e.